The van der Waals surface area contributed by atoms with Gasteiger partial charge in [-0.15, -0.1) is 0 Å². The first-order chi connectivity index (χ1) is 8.72. The van der Waals surface area contributed by atoms with E-state index < -0.39 is 27.9 Å². The van der Waals surface area contributed by atoms with Gasteiger partial charge < -0.3 is 10.8 Å². The van der Waals surface area contributed by atoms with Crippen LogP contribution in [0.3, 0.4) is 0 Å². The maximum absolute atomic E-state index is 11.8. The second-order valence-electron chi connectivity index (χ2n) is 3.83. The van der Waals surface area contributed by atoms with Crippen molar-refractivity contribution in [2.45, 2.75) is 30.8 Å². The van der Waals surface area contributed by atoms with Gasteiger partial charge in [-0.1, -0.05) is 0 Å². The lowest BCUT2D eigenvalue weighted by Crippen LogP contribution is -2.41. The second kappa shape index (κ2) is 5.80. The molecule has 0 aliphatic carbocycles. The Kier molecular flexibility index (Phi) is 4.62. The Bertz CT molecular complexity index is 579. The fourth-order valence-electron chi connectivity index (χ4n) is 1.17. The van der Waals surface area contributed by atoms with E-state index in [0.29, 0.717) is 0 Å². The predicted molar refractivity (Wildman–Crippen MR) is 63.5 cm³/mol. The third-order valence-electron chi connectivity index (χ3n) is 2.23. The molecule has 4 N–H and O–H groups in total. The summed E-state index contributed by atoms with van der Waals surface area (Å²) in [4.78, 5) is 21.0. The summed E-state index contributed by atoms with van der Waals surface area (Å²) in [5, 5.41) is 12.2. The molecule has 0 radical (unpaired) electrons. The summed E-state index contributed by atoms with van der Waals surface area (Å²) in [5.41, 5.74) is 4.96. The van der Waals surface area contributed by atoms with Crippen molar-refractivity contribution in [2.75, 3.05) is 0 Å². The number of hydrogen-bond acceptors (Lipinski definition) is 5. The molecule has 0 spiro atoms. The number of carbonyl (C=O) groups is 2. The van der Waals surface area contributed by atoms with Gasteiger partial charge in [-0.3, -0.25) is 14.3 Å². The highest BCUT2D eigenvalue weighted by atomic mass is 32.2. The van der Waals surface area contributed by atoms with Crippen molar-refractivity contribution >= 4 is 21.9 Å². The van der Waals surface area contributed by atoms with Gasteiger partial charge in [0.05, 0.1) is 25.2 Å². The number of rotatable bonds is 7. The van der Waals surface area contributed by atoms with Crippen molar-refractivity contribution in [1.82, 2.24) is 14.5 Å². The Balaban J connectivity index is 2.79. The molecule has 19 heavy (non-hydrogen) atoms. The number of nitrogens with zero attached hydrogens (tertiary/aromatic N) is 2. The molecule has 0 fully saturated rings. The average molecular weight is 290 g/mol. The number of carboxylic acid groups (broad SMARTS) is 1. The number of primary amides is 1. The lowest BCUT2D eigenvalue weighted by Gasteiger charge is -2.08. The van der Waals surface area contributed by atoms with E-state index in [2.05, 4.69) is 9.82 Å². The fourth-order valence-corrected chi connectivity index (χ4v) is 2.34. The molecule has 0 aromatic carbocycles. The highest BCUT2D eigenvalue weighted by molar-refractivity contribution is 7.89. The molecule has 1 heterocycles. The number of sulfonamides is 1. The summed E-state index contributed by atoms with van der Waals surface area (Å²) in [5.74, 6) is -1.82. The normalized spacial score (nSPS) is 13.1. The minimum Gasteiger partial charge on any atom is -0.481 e. The van der Waals surface area contributed by atoms with Crippen molar-refractivity contribution < 1.29 is 23.1 Å². The van der Waals surface area contributed by atoms with Crippen molar-refractivity contribution in [2.24, 2.45) is 5.73 Å². The summed E-state index contributed by atoms with van der Waals surface area (Å²) in [7, 11) is -3.90. The third-order valence-corrected chi connectivity index (χ3v) is 3.73. The first-order valence-corrected chi connectivity index (χ1v) is 6.76. The molecular weight excluding hydrogens is 276 g/mol. The molecule has 1 rings (SSSR count). The van der Waals surface area contributed by atoms with Crippen LogP contribution in [0.1, 0.15) is 13.3 Å². The van der Waals surface area contributed by atoms with Crippen LogP contribution in [-0.4, -0.2) is 41.2 Å². The smallest absolute Gasteiger partial charge is 0.305 e. The summed E-state index contributed by atoms with van der Waals surface area (Å²) in [6.45, 7) is 1.37. The molecule has 0 bridgehead atoms. The monoisotopic (exact) mass is 290 g/mol. The summed E-state index contributed by atoms with van der Waals surface area (Å²) in [6.07, 6.45) is 2.07. The van der Waals surface area contributed by atoms with E-state index in [4.69, 9.17) is 10.8 Å². The van der Waals surface area contributed by atoms with Crippen LogP contribution >= 0.6 is 0 Å². The quantitative estimate of drug-likeness (QED) is 0.558. The van der Waals surface area contributed by atoms with Gasteiger partial charge in [-0.25, -0.2) is 8.42 Å². The molecule has 1 aromatic rings. The molecule has 0 saturated carbocycles. The minimum absolute atomic E-state index is 0.0518. The SMILES string of the molecule is CC(NS(=O)(=O)c1cnn(CCC(=O)O)c1)C(N)=O. The zero-order chi connectivity index (χ0) is 14.6. The van der Waals surface area contributed by atoms with Gasteiger partial charge in [0.25, 0.3) is 0 Å². The molecule has 10 heteroatoms. The van der Waals surface area contributed by atoms with E-state index in [9.17, 15) is 18.0 Å². The predicted octanol–water partition coefficient (Wildman–Crippen LogP) is -1.49. The Morgan fingerprint density at radius 2 is 2.21 bits per heavy atom. The molecule has 0 aliphatic heterocycles. The van der Waals surface area contributed by atoms with Gasteiger partial charge >= 0.3 is 5.97 Å². The van der Waals surface area contributed by atoms with E-state index in [0.717, 1.165) is 6.20 Å². The lowest BCUT2D eigenvalue weighted by atomic mass is 10.4. The van der Waals surface area contributed by atoms with Crippen LogP contribution in [0.5, 0.6) is 0 Å². The van der Waals surface area contributed by atoms with Crippen LogP contribution < -0.4 is 10.5 Å². The maximum Gasteiger partial charge on any atom is 0.305 e. The van der Waals surface area contributed by atoms with Crippen LogP contribution in [0.4, 0.5) is 0 Å². The van der Waals surface area contributed by atoms with Gasteiger partial charge in [-0.2, -0.15) is 9.82 Å². The van der Waals surface area contributed by atoms with E-state index >= 15 is 0 Å². The van der Waals surface area contributed by atoms with Crippen LogP contribution in [0.25, 0.3) is 0 Å². The number of aliphatic carboxylic acids is 1. The topological polar surface area (TPSA) is 144 Å². The zero-order valence-electron chi connectivity index (χ0n) is 10.1. The van der Waals surface area contributed by atoms with Crippen molar-refractivity contribution in [3.8, 4) is 0 Å². The van der Waals surface area contributed by atoms with Crippen LogP contribution in [-0.2, 0) is 26.2 Å². The zero-order valence-corrected chi connectivity index (χ0v) is 10.9. The van der Waals surface area contributed by atoms with E-state index in [1.807, 2.05) is 0 Å². The van der Waals surface area contributed by atoms with Gasteiger partial charge in [0.1, 0.15) is 4.90 Å². The summed E-state index contributed by atoms with van der Waals surface area (Å²) >= 11 is 0. The van der Waals surface area contributed by atoms with E-state index in [-0.39, 0.29) is 17.9 Å². The molecule has 0 aliphatic rings. The standard InChI is InChI=1S/C9H14N4O5S/c1-6(9(10)16)12-19(17,18)7-4-11-13(5-7)3-2-8(14)15/h4-6,12H,2-3H2,1H3,(H2,10,16)(H,14,15). The average Bonchev–Trinajstić information content (AvgIpc) is 2.74. The van der Waals surface area contributed by atoms with Crippen molar-refractivity contribution in [3.63, 3.8) is 0 Å². The highest BCUT2D eigenvalue weighted by Gasteiger charge is 2.21. The highest BCUT2D eigenvalue weighted by Crippen LogP contribution is 2.08. The Morgan fingerprint density at radius 3 is 2.74 bits per heavy atom. The second-order valence-corrected chi connectivity index (χ2v) is 5.54. The summed E-state index contributed by atoms with van der Waals surface area (Å²) in [6, 6.07) is -1.05. The summed E-state index contributed by atoms with van der Waals surface area (Å²) < 4.78 is 26.9. The van der Waals surface area contributed by atoms with Gasteiger partial charge in [0, 0.05) is 6.20 Å². The maximum atomic E-state index is 11.8. The number of aryl methyl sites for hydroxylation is 1. The number of carboxylic acids is 1. The number of carbonyl (C=O) groups excluding carboxylic acids is 1. The molecule has 1 unspecified atom stereocenters. The first-order valence-electron chi connectivity index (χ1n) is 5.28. The third kappa shape index (κ3) is 4.34. The minimum atomic E-state index is -3.90. The van der Waals surface area contributed by atoms with Gasteiger partial charge in [0.15, 0.2) is 0 Å². The van der Waals surface area contributed by atoms with Gasteiger partial charge in [-0.05, 0) is 6.92 Å². The molecule has 106 valence electrons. The number of aromatic nitrogens is 2. The Morgan fingerprint density at radius 1 is 1.58 bits per heavy atom. The molecular formula is C9H14N4O5S. The number of nitrogens with one attached hydrogen (secondary N) is 1. The van der Waals surface area contributed by atoms with Gasteiger partial charge in [0.2, 0.25) is 15.9 Å². The molecule has 1 amide bonds. The first kappa shape index (κ1) is 15.1. The fraction of sp³-hybridized carbons (Fsp3) is 0.444. The number of amides is 1. The Labute approximate surface area is 109 Å². The molecule has 1 aromatic heterocycles. The Hall–Kier alpha value is -1.94. The largest absolute Gasteiger partial charge is 0.481 e. The van der Waals surface area contributed by atoms with E-state index in [1.54, 1.807) is 0 Å². The van der Waals surface area contributed by atoms with Crippen LogP contribution in [0.15, 0.2) is 17.3 Å². The van der Waals surface area contributed by atoms with E-state index in [1.165, 1.54) is 17.8 Å². The van der Waals surface area contributed by atoms with Crippen molar-refractivity contribution in [3.05, 3.63) is 12.4 Å². The molecule has 1 atom stereocenters. The number of nitrogens with two attached hydrogens (primary N) is 1. The van der Waals surface area contributed by atoms with Crippen LogP contribution in [0.2, 0.25) is 0 Å². The van der Waals surface area contributed by atoms with Crippen LogP contribution in [0, 0.1) is 0 Å². The molecule has 9 nitrogen and oxygen atoms in total. The van der Waals surface area contributed by atoms with Crippen molar-refractivity contribution in [1.29, 1.82) is 0 Å². The molecule has 0 saturated heterocycles. The lowest BCUT2D eigenvalue weighted by molar-refractivity contribution is -0.137. The number of hydrogen-bond donors (Lipinski definition) is 3.